The minimum absolute atomic E-state index is 0.119. The van der Waals surface area contributed by atoms with Crippen molar-refractivity contribution in [2.75, 3.05) is 19.0 Å². The zero-order chi connectivity index (χ0) is 20.8. The van der Waals surface area contributed by atoms with E-state index in [1.165, 1.54) is 11.3 Å². The van der Waals surface area contributed by atoms with Crippen molar-refractivity contribution < 1.29 is 18.4 Å². The van der Waals surface area contributed by atoms with E-state index in [1.54, 1.807) is 11.5 Å². The quantitative estimate of drug-likeness (QED) is 0.479. The molecule has 4 unspecified atom stereocenters. The van der Waals surface area contributed by atoms with Gasteiger partial charge >= 0.3 is 0 Å². The highest BCUT2D eigenvalue weighted by Crippen LogP contribution is 2.49. The van der Waals surface area contributed by atoms with Crippen LogP contribution in [0.25, 0.3) is 10.4 Å². The van der Waals surface area contributed by atoms with Crippen molar-refractivity contribution in [2.45, 2.75) is 29.5 Å². The molecule has 4 rings (SSSR count). The molecule has 0 saturated heterocycles. The van der Waals surface area contributed by atoms with Crippen LogP contribution in [0.5, 0.6) is 0 Å². The fraction of sp³-hybridized carbons (Fsp3) is 0.450. The smallest absolute Gasteiger partial charge is 0.250 e. The Balaban J connectivity index is 1.54. The van der Waals surface area contributed by atoms with Gasteiger partial charge in [-0.15, -0.1) is 11.3 Å². The van der Waals surface area contributed by atoms with Crippen LogP contribution >= 0.6 is 11.3 Å². The molecule has 2 aliphatic carbocycles. The number of nitrogens with zero attached hydrogens (tertiary/aromatic N) is 1. The molecule has 1 amide bonds. The molecular weight excluding hydrogens is 410 g/mol. The topological polar surface area (TPSA) is 98.7 Å². The fourth-order valence-electron chi connectivity index (χ4n) is 4.69. The van der Waals surface area contributed by atoms with Crippen LogP contribution in [-0.2, 0) is 14.8 Å². The molecule has 7 nitrogen and oxygen atoms in total. The Kier molecular flexibility index (Phi) is 5.41. The molecule has 4 atom stereocenters. The molecule has 1 heterocycles. The molecule has 1 aromatic carbocycles. The van der Waals surface area contributed by atoms with Crippen molar-refractivity contribution in [1.29, 1.82) is 0 Å². The lowest BCUT2D eigenvalue weighted by molar-refractivity contribution is -0.135. The lowest BCUT2D eigenvalue weighted by atomic mass is 9.84. The molecule has 2 fully saturated rings. The predicted molar refractivity (Wildman–Crippen MR) is 112 cm³/mol. The minimum atomic E-state index is -3.75. The van der Waals surface area contributed by atoms with E-state index in [4.69, 9.17) is 5.21 Å². The minimum Gasteiger partial charge on any atom is -0.378 e. The van der Waals surface area contributed by atoms with E-state index in [0.717, 1.165) is 35.4 Å². The van der Waals surface area contributed by atoms with Gasteiger partial charge in [0.05, 0.1) is 5.92 Å². The highest BCUT2D eigenvalue weighted by Gasteiger charge is 2.52. The summed E-state index contributed by atoms with van der Waals surface area (Å²) in [6, 6.07) is 10.9. The number of rotatable bonds is 6. The highest BCUT2D eigenvalue weighted by molar-refractivity contribution is 7.91. The van der Waals surface area contributed by atoms with Crippen LogP contribution in [0.2, 0.25) is 0 Å². The number of hydrogen-bond donors (Lipinski definition) is 3. The summed E-state index contributed by atoms with van der Waals surface area (Å²) in [5, 5.41) is 9.06. The van der Waals surface area contributed by atoms with Gasteiger partial charge < -0.3 is 4.90 Å². The lowest BCUT2D eigenvalue weighted by Gasteiger charge is -2.29. The SMILES string of the molecule is CN(C)c1ccc(-c2ccc(S(=O)(=O)NC3C4CCC(C4)C3C(=O)NO)s2)cc1. The van der Waals surface area contributed by atoms with Gasteiger partial charge in [-0.1, -0.05) is 12.1 Å². The van der Waals surface area contributed by atoms with Gasteiger partial charge in [0, 0.05) is 30.7 Å². The van der Waals surface area contributed by atoms with E-state index >= 15 is 0 Å². The monoisotopic (exact) mass is 435 g/mol. The Morgan fingerprint density at radius 1 is 1.10 bits per heavy atom. The number of carbonyl (C=O) groups is 1. The third-order valence-electron chi connectivity index (χ3n) is 6.13. The third-order valence-corrected chi connectivity index (χ3v) is 9.22. The Morgan fingerprint density at radius 3 is 2.45 bits per heavy atom. The van der Waals surface area contributed by atoms with Gasteiger partial charge in [0.1, 0.15) is 4.21 Å². The normalized spacial score (nSPS) is 25.9. The summed E-state index contributed by atoms with van der Waals surface area (Å²) >= 11 is 1.21. The average molecular weight is 436 g/mol. The fourth-order valence-corrected chi connectivity index (χ4v) is 7.35. The van der Waals surface area contributed by atoms with Crippen molar-refractivity contribution in [3.05, 3.63) is 36.4 Å². The molecule has 9 heteroatoms. The number of sulfonamides is 1. The summed E-state index contributed by atoms with van der Waals surface area (Å²) in [5.41, 5.74) is 3.74. The summed E-state index contributed by atoms with van der Waals surface area (Å²) < 4.78 is 29.0. The van der Waals surface area contributed by atoms with Crippen LogP contribution in [0, 0.1) is 17.8 Å². The van der Waals surface area contributed by atoms with E-state index in [-0.39, 0.29) is 16.0 Å². The van der Waals surface area contributed by atoms with E-state index < -0.39 is 27.9 Å². The molecule has 3 N–H and O–H groups in total. The van der Waals surface area contributed by atoms with Gasteiger partial charge in [-0.25, -0.2) is 18.6 Å². The molecular formula is C20H25N3O4S2. The van der Waals surface area contributed by atoms with Crippen LogP contribution in [0.1, 0.15) is 19.3 Å². The first kappa shape index (κ1) is 20.3. The zero-order valence-corrected chi connectivity index (χ0v) is 18.0. The second-order valence-corrected chi connectivity index (χ2v) is 11.1. The van der Waals surface area contributed by atoms with E-state index in [2.05, 4.69) is 4.72 Å². The van der Waals surface area contributed by atoms with Crippen molar-refractivity contribution >= 4 is 33.0 Å². The maximum absolute atomic E-state index is 13.0. The molecule has 1 aromatic heterocycles. The number of benzene rings is 1. The maximum atomic E-state index is 13.0. The van der Waals surface area contributed by atoms with Crippen LogP contribution in [0.15, 0.2) is 40.6 Å². The van der Waals surface area contributed by atoms with Crippen LogP contribution in [0.3, 0.4) is 0 Å². The van der Waals surface area contributed by atoms with Crippen molar-refractivity contribution in [2.24, 2.45) is 17.8 Å². The predicted octanol–water partition coefficient (Wildman–Crippen LogP) is 2.68. The highest BCUT2D eigenvalue weighted by atomic mass is 32.2. The molecule has 156 valence electrons. The van der Waals surface area contributed by atoms with Gasteiger partial charge in [0.2, 0.25) is 15.9 Å². The number of fused-ring (bicyclic) bond motifs is 2. The van der Waals surface area contributed by atoms with Crippen LogP contribution in [0.4, 0.5) is 5.69 Å². The largest absolute Gasteiger partial charge is 0.378 e. The number of thiophene rings is 1. The van der Waals surface area contributed by atoms with Gasteiger partial charge in [-0.3, -0.25) is 10.0 Å². The number of amides is 1. The first-order valence-corrected chi connectivity index (χ1v) is 11.9. The van der Waals surface area contributed by atoms with Crippen molar-refractivity contribution in [3.8, 4) is 10.4 Å². The molecule has 2 aliphatic rings. The van der Waals surface area contributed by atoms with Gasteiger partial charge in [0.25, 0.3) is 0 Å². The second kappa shape index (κ2) is 7.71. The third kappa shape index (κ3) is 3.79. The molecule has 2 bridgehead atoms. The lowest BCUT2D eigenvalue weighted by Crippen LogP contribution is -2.49. The van der Waals surface area contributed by atoms with Gasteiger partial charge in [0.15, 0.2) is 0 Å². The first-order chi connectivity index (χ1) is 13.8. The maximum Gasteiger partial charge on any atom is 0.250 e. The van der Waals surface area contributed by atoms with Gasteiger partial charge in [-0.2, -0.15) is 0 Å². The summed E-state index contributed by atoms with van der Waals surface area (Å²) in [7, 11) is 0.187. The average Bonchev–Trinajstić information content (AvgIpc) is 3.43. The Hall–Kier alpha value is -1.94. The number of nitrogens with one attached hydrogen (secondary N) is 2. The van der Waals surface area contributed by atoms with Crippen molar-refractivity contribution in [3.63, 3.8) is 0 Å². The Bertz CT molecular complexity index is 1000. The summed E-state index contributed by atoms with van der Waals surface area (Å²) in [5.74, 6) is -0.770. The molecule has 2 saturated carbocycles. The number of hydrogen-bond acceptors (Lipinski definition) is 6. The first-order valence-electron chi connectivity index (χ1n) is 9.64. The molecule has 0 spiro atoms. The van der Waals surface area contributed by atoms with E-state index in [9.17, 15) is 13.2 Å². The van der Waals surface area contributed by atoms with Gasteiger partial charge in [-0.05, 0) is 60.9 Å². The molecule has 0 aliphatic heterocycles. The van der Waals surface area contributed by atoms with Crippen LogP contribution < -0.4 is 15.1 Å². The van der Waals surface area contributed by atoms with E-state index in [1.807, 2.05) is 49.3 Å². The van der Waals surface area contributed by atoms with Crippen LogP contribution in [-0.4, -0.2) is 39.7 Å². The number of hydroxylamine groups is 1. The second-order valence-electron chi connectivity index (χ2n) is 8.04. The van der Waals surface area contributed by atoms with Crippen molar-refractivity contribution in [1.82, 2.24) is 10.2 Å². The Labute approximate surface area is 174 Å². The number of anilines is 1. The molecule has 0 radical (unpaired) electrons. The number of carbonyl (C=O) groups excluding carboxylic acids is 1. The Morgan fingerprint density at radius 2 is 1.79 bits per heavy atom. The molecule has 2 aromatic rings. The summed E-state index contributed by atoms with van der Waals surface area (Å²) in [6.45, 7) is 0. The zero-order valence-electron chi connectivity index (χ0n) is 16.3. The standard InChI is InChI=1S/C20H25N3O4S2/c1-23(2)15-7-5-12(6-8-15)16-9-10-17(28-16)29(26,27)22-19-14-4-3-13(11-14)18(19)20(24)21-25/h5-10,13-14,18-19,22,25H,3-4,11H2,1-2H3,(H,21,24). The summed E-state index contributed by atoms with van der Waals surface area (Å²) in [4.78, 5) is 15.0. The summed E-state index contributed by atoms with van der Waals surface area (Å²) in [6.07, 6.45) is 2.62. The van der Waals surface area contributed by atoms with E-state index in [0.29, 0.717) is 0 Å². The molecule has 29 heavy (non-hydrogen) atoms.